The summed E-state index contributed by atoms with van der Waals surface area (Å²) in [6.07, 6.45) is 1.91. The SMILES string of the molecule is CCN1CC=C2[C@H](C1)[C@H](c1ccccc1OC)[C@H](C#N)C(=N)C2(C#N)C#N. The molecule has 0 spiro atoms. The smallest absolute Gasteiger partial charge is 0.203 e. The fourth-order valence-corrected chi connectivity index (χ4v) is 4.38. The number of benzene rings is 1. The molecule has 1 aromatic carbocycles. The van der Waals surface area contributed by atoms with Crippen molar-refractivity contribution in [3.63, 3.8) is 0 Å². The first-order valence-corrected chi connectivity index (χ1v) is 8.94. The largest absolute Gasteiger partial charge is 0.496 e. The van der Waals surface area contributed by atoms with Crippen LogP contribution in [0.5, 0.6) is 5.75 Å². The highest BCUT2D eigenvalue weighted by Gasteiger charge is 2.56. The molecule has 6 nitrogen and oxygen atoms in total. The van der Waals surface area contributed by atoms with Crippen LogP contribution in [0.4, 0.5) is 0 Å². The van der Waals surface area contributed by atoms with E-state index in [-0.39, 0.29) is 17.5 Å². The van der Waals surface area contributed by atoms with Crippen molar-refractivity contribution in [2.45, 2.75) is 12.8 Å². The number of methoxy groups -OCH3 is 1. The maximum absolute atomic E-state index is 9.91. The molecule has 0 saturated heterocycles. The third-order valence-electron chi connectivity index (χ3n) is 5.78. The number of nitrogens with zero attached hydrogens (tertiary/aromatic N) is 4. The van der Waals surface area contributed by atoms with Crippen molar-refractivity contribution < 1.29 is 4.74 Å². The molecule has 3 atom stereocenters. The van der Waals surface area contributed by atoms with E-state index in [1.165, 1.54) is 0 Å². The first kappa shape index (κ1) is 18.6. The van der Waals surface area contributed by atoms with E-state index in [9.17, 15) is 15.8 Å². The lowest BCUT2D eigenvalue weighted by Gasteiger charge is -2.47. The Labute approximate surface area is 159 Å². The van der Waals surface area contributed by atoms with Gasteiger partial charge in [-0.05, 0) is 23.7 Å². The summed E-state index contributed by atoms with van der Waals surface area (Å²) in [7, 11) is 1.58. The molecule has 1 heterocycles. The standard InChI is InChI=1S/C21H21N5O/c1-3-26-9-8-17-16(11-26)19(14-6-4-5-7-18(14)27-2)15(10-22)20(25)21(17,12-23)13-24/h4-8,15-16,19,25H,3,9,11H2,1-2H3/t15-,16-,19+/m0/s1. The highest BCUT2D eigenvalue weighted by Crippen LogP contribution is 2.53. The topological polar surface area (TPSA) is 108 Å². The van der Waals surface area contributed by atoms with Crippen molar-refractivity contribution in [1.82, 2.24) is 4.90 Å². The molecule has 1 N–H and O–H groups in total. The normalized spacial score (nSPS) is 26.7. The van der Waals surface area contributed by atoms with Gasteiger partial charge in [0.25, 0.3) is 0 Å². The van der Waals surface area contributed by atoms with E-state index in [0.29, 0.717) is 24.4 Å². The number of nitrogens with one attached hydrogen (secondary N) is 1. The molecule has 1 aromatic rings. The number of nitriles is 3. The van der Waals surface area contributed by atoms with E-state index in [1.807, 2.05) is 30.3 Å². The van der Waals surface area contributed by atoms with Crippen molar-refractivity contribution in [1.29, 1.82) is 21.2 Å². The van der Waals surface area contributed by atoms with Crippen LogP contribution >= 0.6 is 0 Å². The molecule has 0 aromatic heterocycles. The molecule has 2 aliphatic rings. The Morgan fingerprint density at radius 1 is 1.26 bits per heavy atom. The van der Waals surface area contributed by atoms with Crippen molar-refractivity contribution in [2.24, 2.45) is 17.3 Å². The van der Waals surface area contributed by atoms with Gasteiger partial charge in [0, 0.05) is 24.9 Å². The Bertz CT molecular complexity index is 900. The van der Waals surface area contributed by atoms with Gasteiger partial charge in [-0.15, -0.1) is 0 Å². The van der Waals surface area contributed by atoms with Gasteiger partial charge in [0.1, 0.15) is 5.75 Å². The van der Waals surface area contributed by atoms with Crippen LogP contribution in [-0.4, -0.2) is 37.4 Å². The van der Waals surface area contributed by atoms with E-state index >= 15 is 0 Å². The van der Waals surface area contributed by atoms with Crippen LogP contribution in [-0.2, 0) is 0 Å². The summed E-state index contributed by atoms with van der Waals surface area (Å²) in [6.45, 7) is 4.17. The second-order valence-corrected chi connectivity index (χ2v) is 6.88. The summed E-state index contributed by atoms with van der Waals surface area (Å²) >= 11 is 0. The van der Waals surface area contributed by atoms with Gasteiger partial charge < -0.3 is 10.1 Å². The molecule has 1 fully saturated rings. The van der Waals surface area contributed by atoms with Crippen LogP contribution in [0.1, 0.15) is 18.4 Å². The Morgan fingerprint density at radius 3 is 2.56 bits per heavy atom. The molecule has 3 rings (SSSR count). The number of hydrogen-bond donors (Lipinski definition) is 1. The van der Waals surface area contributed by atoms with E-state index in [4.69, 9.17) is 10.1 Å². The second kappa shape index (κ2) is 7.23. The molecular weight excluding hydrogens is 338 g/mol. The lowest BCUT2D eigenvalue weighted by molar-refractivity contribution is 0.216. The Morgan fingerprint density at radius 2 is 1.96 bits per heavy atom. The summed E-state index contributed by atoms with van der Waals surface area (Å²) in [5, 5.41) is 38.2. The minimum Gasteiger partial charge on any atom is -0.496 e. The van der Waals surface area contributed by atoms with E-state index < -0.39 is 11.3 Å². The zero-order valence-corrected chi connectivity index (χ0v) is 15.4. The molecule has 1 aliphatic carbocycles. The summed E-state index contributed by atoms with van der Waals surface area (Å²) in [6, 6.07) is 13.8. The van der Waals surface area contributed by atoms with Crippen molar-refractivity contribution in [2.75, 3.05) is 26.7 Å². The van der Waals surface area contributed by atoms with Crippen LogP contribution in [0.3, 0.4) is 0 Å². The number of hydrogen-bond acceptors (Lipinski definition) is 6. The molecule has 0 unspecified atom stereocenters. The van der Waals surface area contributed by atoms with Crippen molar-refractivity contribution >= 4 is 5.71 Å². The molecule has 136 valence electrons. The van der Waals surface area contributed by atoms with Gasteiger partial charge in [0.05, 0.1) is 36.9 Å². The summed E-state index contributed by atoms with van der Waals surface area (Å²) in [5.41, 5.74) is -0.291. The van der Waals surface area contributed by atoms with Gasteiger partial charge in [-0.1, -0.05) is 31.2 Å². The fourth-order valence-electron chi connectivity index (χ4n) is 4.38. The number of likely N-dealkylation sites (N-methyl/N-ethyl adjacent to an activating group) is 1. The third kappa shape index (κ3) is 2.69. The van der Waals surface area contributed by atoms with E-state index in [0.717, 1.165) is 12.1 Å². The van der Waals surface area contributed by atoms with Crippen LogP contribution in [0, 0.1) is 56.7 Å². The zero-order valence-electron chi connectivity index (χ0n) is 15.4. The van der Waals surface area contributed by atoms with Crippen LogP contribution < -0.4 is 4.74 Å². The van der Waals surface area contributed by atoms with E-state index in [2.05, 4.69) is 30.0 Å². The Balaban J connectivity index is 2.25. The number of rotatable bonds is 3. The van der Waals surface area contributed by atoms with E-state index in [1.54, 1.807) is 7.11 Å². The molecule has 1 saturated carbocycles. The molecule has 0 bridgehead atoms. The maximum Gasteiger partial charge on any atom is 0.203 e. The molecule has 1 aliphatic heterocycles. The minimum absolute atomic E-state index is 0.127. The van der Waals surface area contributed by atoms with Crippen LogP contribution in [0.2, 0.25) is 0 Å². The van der Waals surface area contributed by atoms with Gasteiger partial charge in [0.15, 0.2) is 0 Å². The maximum atomic E-state index is 9.91. The summed E-state index contributed by atoms with van der Waals surface area (Å²) < 4.78 is 5.52. The zero-order chi connectivity index (χ0) is 19.6. The average molecular weight is 359 g/mol. The van der Waals surface area contributed by atoms with Gasteiger partial charge in [-0.3, -0.25) is 4.90 Å². The predicted octanol–water partition coefficient (Wildman–Crippen LogP) is 2.86. The summed E-state index contributed by atoms with van der Waals surface area (Å²) in [5.74, 6) is -0.744. The van der Waals surface area contributed by atoms with Gasteiger partial charge in [0.2, 0.25) is 5.41 Å². The molecule has 27 heavy (non-hydrogen) atoms. The minimum atomic E-state index is -1.66. The first-order valence-electron chi connectivity index (χ1n) is 8.94. The molecular formula is C21H21N5O. The van der Waals surface area contributed by atoms with Crippen molar-refractivity contribution in [3.8, 4) is 24.0 Å². The predicted molar refractivity (Wildman–Crippen MR) is 99.9 cm³/mol. The quantitative estimate of drug-likeness (QED) is 0.835. The third-order valence-corrected chi connectivity index (χ3v) is 5.78. The summed E-state index contributed by atoms with van der Waals surface area (Å²) in [4.78, 5) is 2.22. The lowest BCUT2D eigenvalue weighted by atomic mass is 9.55. The second-order valence-electron chi connectivity index (χ2n) is 6.88. The monoisotopic (exact) mass is 359 g/mol. The first-order chi connectivity index (χ1) is 13.1. The molecule has 6 heteroatoms. The van der Waals surface area contributed by atoms with Gasteiger partial charge >= 0.3 is 0 Å². The Kier molecular flexibility index (Phi) is 5.00. The lowest BCUT2D eigenvalue weighted by Crippen LogP contribution is -2.52. The highest BCUT2D eigenvalue weighted by molar-refractivity contribution is 6.01. The van der Waals surface area contributed by atoms with Gasteiger partial charge in [-0.25, -0.2) is 0 Å². The molecule has 0 radical (unpaired) electrons. The van der Waals surface area contributed by atoms with Crippen LogP contribution in [0.25, 0.3) is 0 Å². The average Bonchev–Trinajstić information content (AvgIpc) is 2.73. The highest BCUT2D eigenvalue weighted by atomic mass is 16.5. The number of fused-ring (bicyclic) bond motifs is 1. The molecule has 0 amide bonds. The number of ether oxygens (including phenoxy) is 1. The van der Waals surface area contributed by atoms with Gasteiger partial charge in [-0.2, -0.15) is 15.8 Å². The van der Waals surface area contributed by atoms with Crippen molar-refractivity contribution in [3.05, 3.63) is 41.5 Å². The Hall–Kier alpha value is -3.14. The fraction of sp³-hybridized carbons (Fsp3) is 0.429. The van der Waals surface area contributed by atoms with Crippen LogP contribution in [0.15, 0.2) is 35.9 Å². The number of para-hydroxylation sites is 1.